The van der Waals surface area contributed by atoms with E-state index in [0.29, 0.717) is 5.82 Å². The molecule has 1 aliphatic rings. The lowest BCUT2D eigenvalue weighted by Gasteiger charge is -2.18. The van der Waals surface area contributed by atoms with E-state index in [0.717, 1.165) is 31.6 Å². The van der Waals surface area contributed by atoms with Crippen molar-refractivity contribution >= 4 is 11.7 Å². The van der Waals surface area contributed by atoms with Crippen LogP contribution in [0.25, 0.3) is 0 Å². The first-order valence-electron chi connectivity index (χ1n) is 6.13. The van der Waals surface area contributed by atoms with Crippen molar-refractivity contribution in [2.24, 2.45) is 5.92 Å². The quantitative estimate of drug-likeness (QED) is 0.829. The minimum absolute atomic E-state index is 0.0845. The smallest absolute Gasteiger partial charge is 0.254 e. The molecule has 1 aromatic heterocycles. The summed E-state index contributed by atoms with van der Waals surface area (Å²) in [7, 11) is 0. The summed E-state index contributed by atoms with van der Waals surface area (Å²) in [5.41, 5.74) is 0. The number of carbonyl (C=O) groups excluding carboxylic acids is 1. The summed E-state index contributed by atoms with van der Waals surface area (Å²) < 4.78 is 2.02. The van der Waals surface area contributed by atoms with E-state index in [1.807, 2.05) is 18.4 Å². The highest BCUT2D eigenvalue weighted by molar-refractivity contribution is 5.93. The number of aromatic nitrogens is 2. The Kier molecular flexibility index (Phi) is 3.47. The Hall–Kier alpha value is -1.36. The molecule has 0 spiro atoms. The van der Waals surface area contributed by atoms with Gasteiger partial charge in [0.15, 0.2) is 0 Å². The Labute approximate surface area is 101 Å². The molecule has 0 bridgehead atoms. The first kappa shape index (κ1) is 12.1. The summed E-state index contributed by atoms with van der Waals surface area (Å²) >= 11 is 0. The van der Waals surface area contributed by atoms with E-state index in [1.165, 1.54) is 0 Å². The van der Waals surface area contributed by atoms with Gasteiger partial charge in [0, 0.05) is 13.0 Å². The standard InChI is InChI=1S/C12H19N3O2/c1-8(2)11(16)12(17)14-10-7-13-9-5-3-4-6-15(9)10/h7-8,11,16H,3-6H2,1-2H3,(H,14,17)/t11-/m1/s1. The van der Waals surface area contributed by atoms with Crippen molar-refractivity contribution < 1.29 is 9.90 Å². The van der Waals surface area contributed by atoms with E-state index in [1.54, 1.807) is 6.20 Å². The Morgan fingerprint density at radius 1 is 1.53 bits per heavy atom. The van der Waals surface area contributed by atoms with Crippen LogP contribution in [0.3, 0.4) is 0 Å². The van der Waals surface area contributed by atoms with Gasteiger partial charge in [0.2, 0.25) is 0 Å². The summed E-state index contributed by atoms with van der Waals surface area (Å²) in [6.07, 6.45) is 3.93. The minimum atomic E-state index is -0.968. The SMILES string of the molecule is CC(C)[C@@H](O)C(=O)Nc1cnc2n1CCCC2. The molecule has 5 heteroatoms. The molecule has 1 atom stereocenters. The Morgan fingerprint density at radius 2 is 2.29 bits per heavy atom. The number of aryl methyl sites for hydroxylation is 1. The summed E-state index contributed by atoms with van der Waals surface area (Å²) in [5.74, 6) is 1.28. The van der Waals surface area contributed by atoms with Crippen LogP contribution in [-0.2, 0) is 17.8 Å². The average Bonchev–Trinajstić information content (AvgIpc) is 2.71. The average molecular weight is 237 g/mol. The third-order valence-electron chi connectivity index (χ3n) is 3.12. The number of rotatable bonds is 3. The van der Waals surface area contributed by atoms with Crippen LogP contribution in [0.15, 0.2) is 6.20 Å². The number of anilines is 1. The molecule has 0 fully saturated rings. The van der Waals surface area contributed by atoms with Crippen molar-refractivity contribution in [3.05, 3.63) is 12.0 Å². The molecule has 0 aliphatic carbocycles. The fourth-order valence-electron chi connectivity index (χ4n) is 2.02. The van der Waals surface area contributed by atoms with Crippen LogP contribution in [0.2, 0.25) is 0 Å². The van der Waals surface area contributed by atoms with E-state index < -0.39 is 6.10 Å². The zero-order valence-electron chi connectivity index (χ0n) is 10.3. The van der Waals surface area contributed by atoms with Gasteiger partial charge in [-0.05, 0) is 18.8 Å². The van der Waals surface area contributed by atoms with Crippen LogP contribution in [-0.4, -0.2) is 26.7 Å². The first-order valence-corrected chi connectivity index (χ1v) is 6.13. The molecule has 0 radical (unpaired) electrons. The second kappa shape index (κ2) is 4.87. The molecule has 2 N–H and O–H groups in total. The van der Waals surface area contributed by atoms with Crippen LogP contribution >= 0.6 is 0 Å². The highest BCUT2D eigenvalue weighted by atomic mass is 16.3. The van der Waals surface area contributed by atoms with Gasteiger partial charge in [-0.2, -0.15) is 0 Å². The number of hydrogen-bond acceptors (Lipinski definition) is 3. The third kappa shape index (κ3) is 2.49. The molecule has 0 saturated carbocycles. The summed E-state index contributed by atoms with van der Waals surface area (Å²) in [4.78, 5) is 16.0. The summed E-state index contributed by atoms with van der Waals surface area (Å²) in [6, 6.07) is 0. The predicted octanol–water partition coefficient (Wildman–Crippen LogP) is 1.17. The molecule has 1 amide bonds. The molecular formula is C12H19N3O2. The Balaban J connectivity index is 2.09. The number of aliphatic hydroxyl groups is 1. The van der Waals surface area contributed by atoms with Crippen LogP contribution in [0.4, 0.5) is 5.82 Å². The van der Waals surface area contributed by atoms with Gasteiger partial charge < -0.3 is 15.0 Å². The first-order chi connectivity index (χ1) is 8.09. The lowest BCUT2D eigenvalue weighted by molar-refractivity contribution is -0.126. The van der Waals surface area contributed by atoms with Gasteiger partial charge >= 0.3 is 0 Å². The molecule has 2 heterocycles. The maximum atomic E-state index is 11.7. The number of aliphatic hydroxyl groups excluding tert-OH is 1. The number of hydrogen-bond donors (Lipinski definition) is 2. The minimum Gasteiger partial charge on any atom is -0.383 e. The van der Waals surface area contributed by atoms with Crippen molar-refractivity contribution in [2.75, 3.05) is 5.32 Å². The summed E-state index contributed by atoms with van der Waals surface area (Å²) in [5, 5.41) is 12.4. The van der Waals surface area contributed by atoms with Gasteiger partial charge in [0.25, 0.3) is 5.91 Å². The lowest BCUT2D eigenvalue weighted by atomic mass is 10.1. The number of fused-ring (bicyclic) bond motifs is 1. The van der Waals surface area contributed by atoms with Crippen LogP contribution in [0, 0.1) is 5.92 Å². The number of carbonyl (C=O) groups is 1. The third-order valence-corrected chi connectivity index (χ3v) is 3.12. The molecule has 0 saturated heterocycles. The number of nitrogens with one attached hydrogen (secondary N) is 1. The Bertz CT molecular complexity index is 412. The molecule has 0 unspecified atom stereocenters. The van der Waals surface area contributed by atoms with Crippen molar-refractivity contribution in [1.82, 2.24) is 9.55 Å². The second-order valence-electron chi connectivity index (χ2n) is 4.85. The van der Waals surface area contributed by atoms with Crippen molar-refractivity contribution in [2.45, 2.75) is 45.8 Å². The van der Waals surface area contributed by atoms with Crippen molar-refractivity contribution in [3.8, 4) is 0 Å². The fraction of sp³-hybridized carbons (Fsp3) is 0.667. The zero-order chi connectivity index (χ0) is 12.4. The summed E-state index contributed by atoms with van der Waals surface area (Å²) in [6.45, 7) is 4.52. The fourth-order valence-corrected chi connectivity index (χ4v) is 2.02. The zero-order valence-corrected chi connectivity index (χ0v) is 10.3. The van der Waals surface area contributed by atoms with Crippen LogP contribution in [0.5, 0.6) is 0 Å². The van der Waals surface area contributed by atoms with E-state index in [-0.39, 0.29) is 11.8 Å². The van der Waals surface area contributed by atoms with Gasteiger partial charge in [-0.3, -0.25) is 4.79 Å². The van der Waals surface area contributed by atoms with Crippen LogP contribution in [0.1, 0.15) is 32.5 Å². The molecular weight excluding hydrogens is 218 g/mol. The largest absolute Gasteiger partial charge is 0.383 e. The lowest BCUT2D eigenvalue weighted by Crippen LogP contribution is -2.32. The second-order valence-corrected chi connectivity index (χ2v) is 4.85. The topological polar surface area (TPSA) is 67.2 Å². The van der Waals surface area contributed by atoms with E-state index in [2.05, 4.69) is 10.3 Å². The highest BCUT2D eigenvalue weighted by Gasteiger charge is 2.21. The van der Waals surface area contributed by atoms with Gasteiger partial charge in [-0.25, -0.2) is 4.98 Å². The van der Waals surface area contributed by atoms with E-state index in [9.17, 15) is 9.90 Å². The van der Waals surface area contributed by atoms with Gasteiger partial charge in [0.1, 0.15) is 17.7 Å². The normalized spacial score (nSPS) is 16.7. The number of nitrogens with zero attached hydrogens (tertiary/aromatic N) is 2. The maximum Gasteiger partial charge on any atom is 0.254 e. The van der Waals surface area contributed by atoms with E-state index >= 15 is 0 Å². The molecule has 2 rings (SSSR count). The maximum absolute atomic E-state index is 11.7. The van der Waals surface area contributed by atoms with Gasteiger partial charge in [-0.15, -0.1) is 0 Å². The molecule has 94 valence electrons. The van der Waals surface area contributed by atoms with Gasteiger partial charge in [-0.1, -0.05) is 13.8 Å². The van der Waals surface area contributed by atoms with Crippen molar-refractivity contribution in [3.63, 3.8) is 0 Å². The predicted molar refractivity (Wildman–Crippen MR) is 64.6 cm³/mol. The molecule has 1 aliphatic heterocycles. The Morgan fingerprint density at radius 3 is 3.00 bits per heavy atom. The monoisotopic (exact) mass is 237 g/mol. The van der Waals surface area contributed by atoms with Crippen LogP contribution < -0.4 is 5.32 Å². The number of amides is 1. The molecule has 0 aromatic carbocycles. The number of imidazole rings is 1. The highest BCUT2D eigenvalue weighted by Crippen LogP contribution is 2.19. The van der Waals surface area contributed by atoms with E-state index in [4.69, 9.17) is 0 Å². The van der Waals surface area contributed by atoms with Crippen molar-refractivity contribution in [1.29, 1.82) is 0 Å². The molecule has 5 nitrogen and oxygen atoms in total. The molecule has 1 aromatic rings. The van der Waals surface area contributed by atoms with Gasteiger partial charge in [0.05, 0.1) is 6.20 Å². The molecule has 17 heavy (non-hydrogen) atoms.